The zero-order chi connectivity index (χ0) is 15.0. The summed E-state index contributed by atoms with van der Waals surface area (Å²) in [7, 11) is 1.43. The number of pyridine rings is 1. The number of aryl methyl sites for hydroxylation is 1. The SMILES string of the molecule is COC(=O)C1CCCN1c1nccc2c(N)c(C)ccc12. The first kappa shape index (κ1) is 13.7. The molecule has 5 heteroatoms. The maximum absolute atomic E-state index is 11.9. The van der Waals surface area contributed by atoms with Gasteiger partial charge in [-0.1, -0.05) is 12.1 Å². The third-order valence-corrected chi connectivity index (χ3v) is 4.18. The molecule has 0 saturated carbocycles. The molecule has 110 valence electrons. The number of ether oxygens (including phenoxy) is 1. The molecule has 2 N–H and O–H groups in total. The molecule has 1 saturated heterocycles. The highest BCUT2D eigenvalue weighted by molar-refractivity contribution is 6.01. The van der Waals surface area contributed by atoms with E-state index >= 15 is 0 Å². The van der Waals surface area contributed by atoms with Crippen molar-refractivity contribution < 1.29 is 9.53 Å². The minimum atomic E-state index is -0.254. The summed E-state index contributed by atoms with van der Waals surface area (Å²) < 4.78 is 4.91. The van der Waals surface area contributed by atoms with E-state index in [1.165, 1.54) is 7.11 Å². The summed E-state index contributed by atoms with van der Waals surface area (Å²) in [5.41, 5.74) is 7.98. The van der Waals surface area contributed by atoms with E-state index < -0.39 is 0 Å². The molecule has 1 atom stereocenters. The molecular weight excluding hydrogens is 266 g/mol. The van der Waals surface area contributed by atoms with E-state index in [0.29, 0.717) is 0 Å². The second kappa shape index (κ2) is 5.24. The molecule has 2 aromatic rings. The minimum absolute atomic E-state index is 0.202. The average molecular weight is 285 g/mol. The van der Waals surface area contributed by atoms with Gasteiger partial charge in [0.15, 0.2) is 0 Å². The number of nitrogens with two attached hydrogens (primary N) is 1. The van der Waals surface area contributed by atoms with Crippen LogP contribution in [0.2, 0.25) is 0 Å². The Morgan fingerprint density at radius 3 is 2.95 bits per heavy atom. The molecule has 1 aromatic heterocycles. The van der Waals surface area contributed by atoms with E-state index in [1.54, 1.807) is 6.20 Å². The molecule has 3 rings (SSSR count). The van der Waals surface area contributed by atoms with Gasteiger partial charge in [-0.2, -0.15) is 0 Å². The normalized spacial score (nSPS) is 18.2. The number of hydrogen-bond donors (Lipinski definition) is 1. The molecular formula is C16H19N3O2. The molecule has 1 aromatic carbocycles. The van der Waals surface area contributed by atoms with Gasteiger partial charge in [0, 0.05) is 29.2 Å². The van der Waals surface area contributed by atoms with Crippen LogP contribution in [-0.2, 0) is 9.53 Å². The summed E-state index contributed by atoms with van der Waals surface area (Å²) >= 11 is 0. The van der Waals surface area contributed by atoms with Crippen molar-refractivity contribution in [2.45, 2.75) is 25.8 Å². The fourth-order valence-electron chi connectivity index (χ4n) is 3.00. The van der Waals surface area contributed by atoms with Crippen molar-refractivity contribution in [1.29, 1.82) is 0 Å². The lowest BCUT2D eigenvalue weighted by atomic mass is 10.1. The lowest BCUT2D eigenvalue weighted by molar-refractivity contribution is -0.141. The van der Waals surface area contributed by atoms with Crippen LogP contribution in [-0.4, -0.2) is 30.6 Å². The van der Waals surface area contributed by atoms with Crippen molar-refractivity contribution in [2.24, 2.45) is 0 Å². The first-order chi connectivity index (χ1) is 10.1. The predicted octanol–water partition coefficient (Wildman–Crippen LogP) is 2.27. The highest BCUT2D eigenvalue weighted by Gasteiger charge is 2.33. The van der Waals surface area contributed by atoms with Crippen LogP contribution in [0.15, 0.2) is 24.4 Å². The van der Waals surface area contributed by atoms with Crippen LogP contribution >= 0.6 is 0 Å². The quantitative estimate of drug-likeness (QED) is 0.677. The standard InChI is InChI=1S/C16H19N3O2/c1-10-5-6-12-11(14(10)17)7-8-18-15(12)19-9-3-4-13(19)16(20)21-2/h5-8,13H,3-4,9,17H2,1-2H3. The molecule has 0 amide bonds. The predicted molar refractivity (Wildman–Crippen MR) is 83.3 cm³/mol. The van der Waals surface area contributed by atoms with E-state index in [9.17, 15) is 4.79 Å². The third kappa shape index (κ3) is 2.18. The van der Waals surface area contributed by atoms with E-state index in [1.807, 2.05) is 30.0 Å². The van der Waals surface area contributed by atoms with Crippen LogP contribution in [0.25, 0.3) is 10.8 Å². The summed E-state index contributed by atoms with van der Waals surface area (Å²) in [6.45, 7) is 2.79. The number of benzene rings is 1. The Balaban J connectivity index is 2.12. The summed E-state index contributed by atoms with van der Waals surface area (Å²) in [6, 6.07) is 5.68. The van der Waals surface area contributed by atoms with Crippen molar-refractivity contribution in [3.8, 4) is 0 Å². The minimum Gasteiger partial charge on any atom is -0.467 e. The smallest absolute Gasteiger partial charge is 0.328 e. The highest BCUT2D eigenvalue weighted by atomic mass is 16.5. The average Bonchev–Trinajstić information content (AvgIpc) is 2.99. The molecule has 0 bridgehead atoms. The molecule has 2 heterocycles. The first-order valence-corrected chi connectivity index (χ1v) is 7.11. The molecule has 5 nitrogen and oxygen atoms in total. The zero-order valence-electron chi connectivity index (χ0n) is 12.3. The van der Waals surface area contributed by atoms with Crippen LogP contribution in [0.4, 0.5) is 11.5 Å². The number of aromatic nitrogens is 1. The van der Waals surface area contributed by atoms with Crippen LogP contribution in [0.5, 0.6) is 0 Å². The lowest BCUT2D eigenvalue weighted by Gasteiger charge is -2.25. The van der Waals surface area contributed by atoms with Crippen LogP contribution in [0.1, 0.15) is 18.4 Å². The van der Waals surface area contributed by atoms with E-state index in [0.717, 1.165) is 47.2 Å². The number of nitrogen functional groups attached to an aromatic ring is 1. The number of carbonyl (C=O) groups is 1. The van der Waals surface area contributed by atoms with Gasteiger partial charge < -0.3 is 15.4 Å². The number of rotatable bonds is 2. The maximum Gasteiger partial charge on any atom is 0.328 e. The molecule has 1 unspecified atom stereocenters. The Kier molecular flexibility index (Phi) is 3.41. The van der Waals surface area contributed by atoms with E-state index in [4.69, 9.17) is 10.5 Å². The zero-order valence-corrected chi connectivity index (χ0v) is 12.3. The van der Waals surface area contributed by atoms with Gasteiger partial charge in [-0.25, -0.2) is 9.78 Å². The summed E-state index contributed by atoms with van der Waals surface area (Å²) in [5, 5.41) is 1.96. The second-order valence-electron chi connectivity index (χ2n) is 5.40. The van der Waals surface area contributed by atoms with Gasteiger partial charge in [0.1, 0.15) is 11.9 Å². The fourth-order valence-corrected chi connectivity index (χ4v) is 3.00. The molecule has 0 aliphatic carbocycles. The number of fused-ring (bicyclic) bond motifs is 1. The molecule has 1 aliphatic rings. The van der Waals surface area contributed by atoms with E-state index in [-0.39, 0.29) is 12.0 Å². The molecule has 1 aliphatic heterocycles. The molecule has 21 heavy (non-hydrogen) atoms. The Morgan fingerprint density at radius 1 is 1.38 bits per heavy atom. The third-order valence-electron chi connectivity index (χ3n) is 4.18. The molecule has 0 spiro atoms. The Morgan fingerprint density at radius 2 is 2.19 bits per heavy atom. The number of nitrogens with zero attached hydrogens (tertiary/aromatic N) is 2. The summed E-state index contributed by atoms with van der Waals surface area (Å²) in [4.78, 5) is 18.5. The van der Waals surface area contributed by atoms with E-state index in [2.05, 4.69) is 4.98 Å². The van der Waals surface area contributed by atoms with Gasteiger partial charge in [-0.15, -0.1) is 0 Å². The van der Waals surface area contributed by atoms with Gasteiger partial charge in [0.05, 0.1) is 7.11 Å². The van der Waals surface area contributed by atoms with Crippen LogP contribution in [0, 0.1) is 6.92 Å². The number of methoxy groups -OCH3 is 1. The number of esters is 1. The monoisotopic (exact) mass is 285 g/mol. The Bertz CT molecular complexity index is 699. The largest absolute Gasteiger partial charge is 0.467 e. The maximum atomic E-state index is 11.9. The Hall–Kier alpha value is -2.30. The first-order valence-electron chi connectivity index (χ1n) is 7.11. The number of carbonyl (C=O) groups excluding carboxylic acids is 1. The van der Waals surface area contributed by atoms with Crippen LogP contribution < -0.4 is 10.6 Å². The highest BCUT2D eigenvalue weighted by Crippen LogP contribution is 2.34. The van der Waals surface area contributed by atoms with Crippen molar-refractivity contribution in [3.05, 3.63) is 30.0 Å². The topological polar surface area (TPSA) is 68.5 Å². The van der Waals surface area contributed by atoms with Gasteiger partial charge >= 0.3 is 5.97 Å². The van der Waals surface area contributed by atoms with Gasteiger partial charge in [0.25, 0.3) is 0 Å². The van der Waals surface area contributed by atoms with Crippen molar-refractivity contribution in [2.75, 3.05) is 24.3 Å². The number of hydrogen-bond acceptors (Lipinski definition) is 5. The Labute approximate surface area is 123 Å². The molecule has 0 radical (unpaired) electrons. The van der Waals surface area contributed by atoms with Gasteiger partial charge in [-0.05, 0) is 31.4 Å². The molecule has 1 fully saturated rings. The summed E-state index contributed by atoms with van der Waals surface area (Å²) in [5.74, 6) is 0.610. The van der Waals surface area contributed by atoms with Gasteiger partial charge in [-0.3, -0.25) is 0 Å². The number of anilines is 2. The fraction of sp³-hybridized carbons (Fsp3) is 0.375. The van der Waals surface area contributed by atoms with Crippen molar-refractivity contribution in [1.82, 2.24) is 4.98 Å². The van der Waals surface area contributed by atoms with Crippen molar-refractivity contribution in [3.63, 3.8) is 0 Å². The van der Waals surface area contributed by atoms with Crippen molar-refractivity contribution >= 4 is 28.2 Å². The van der Waals surface area contributed by atoms with Gasteiger partial charge in [0.2, 0.25) is 0 Å². The second-order valence-corrected chi connectivity index (χ2v) is 5.40. The lowest BCUT2D eigenvalue weighted by Crippen LogP contribution is -2.37. The van der Waals surface area contributed by atoms with Crippen LogP contribution in [0.3, 0.4) is 0 Å². The summed E-state index contributed by atoms with van der Waals surface area (Å²) in [6.07, 6.45) is 3.51.